The van der Waals surface area contributed by atoms with Gasteiger partial charge in [0.05, 0.1) is 23.9 Å². The molecule has 0 aliphatic rings. The van der Waals surface area contributed by atoms with Crippen LogP contribution < -0.4 is 9.64 Å². The third-order valence-electron chi connectivity index (χ3n) is 4.57. The molecule has 8 heteroatoms. The highest BCUT2D eigenvalue weighted by molar-refractivity contribution is 7.99. The van der Waals surface area contributed by atoms with Gasteiger partial charge in [-0.2, -0.15) is 5.10 Å². The maximum absolute atomic E-state index is 13.1. The average molecular weight is 439 g/mol. The molecule has 6 nitrogen and oxygen atoms in total. The maximum atomic E-state index is 13.1. The molecule has 0 unspecified atom stereocenters. The summed E-state index contributed by atoms with van der Waals surface area (Å²) in [6.07, 6.45) is 4.08. The number of carbonyl (C=O) groups is 1. The highest BCUT2D eigenvalue weighted by Crippen LogP contribution is 2.29. The lowest BCUT2D eigenvalue weighted by molar-refractivity contribution is -0.118. The topological polar surface area (TPSA) is 60.2 Å². The van der Waals surface area contributed by atoms with Crippen LogP contribution >= 0.6 is 23.1 Å². The van der Waals surface area contributed by atoms with E-state index in [0.29, 0.717) is 25.3 Å². The van der Waals surface area contributed by atoms with Gasteiger partial charge >= 0.3 is 0 Å². The molecule has 0 saturated heterocycles. The molecule has 4 rings (SSSR count). The van der Waals surface area contributed by atoms with Gasteiger partial charge in [0.2, 0.25) is 5.91 Å². The number of rotatable bonds is 9. The zero-order valence-corrected chi connectivity index (χ0v) is 18.2. The normalized spacial score (nSPS) is 11.0. The van der Waals surface area contributed by atoms with Crippen LogP contribution in [0.1, 0.15) is 6.42 Å². The van der Waals surface area contributed by atoms with E-state index in [1.54, 1.807) is 41.3 Å². The van der Waals surface area contributed by atoms with Crippen molar-refractivity contribution in [2.75, 3.05) is 24.3 Å². The van der Waals surface area contributed by atoms with E-state index in [9.17, 15) is 4.79 Å². The lowest BCUT2D eigenvalue weighted by atomic mass is 10.3. The van der Waals surface area contributed by atoms with Crippen LogP contribution in [-0.2, 0) is 11.3 Å². The number of fused-ring (bicyclic) bond motifs is 1. The quantitative estimate of drug-likeness (QED) is 0.354. The van der Waals surface area contributed by atoms with Crippen LogP contribution in [0.3, 0.4) is 0 Å². The Morgan fingerprint density at radius 3 is 2.73 bits per heavy atom. The summed E-state index contributed by atoms with van der Waals surface area (Å²) < 4.78 is 8.11. The molecule has 30 heavy (non-hydrogen) atoms. The summed E-state index contributed by atoms with van der Waals surface area (Å²) in [5, 5.41) is 4.99. The van der Waals surface area contributed by atoms with Crippen LogP contribution in [0.4, 0.5) is 5.13 Å². The van der Waals surface area contributed by atoms with Crippen molar-refractivity contribution in [2.45, 2.75) is 17.9 Å². The molecule has 154 valence electrons. The molecule has 2 heterocycles. The summed E-state index contributed by atoms with van der Waals surface area (Å²) in [7, 11) is 1.65. The summed E-state index contributed by atoms with van der Waals surface area (Å²) in [6.45, 7) is 1.16. The van der Waals surface area contributed by atoms with Gasteiger partial charge in [-0.05, 0) is 42.5 Å². The third kappa shape index (κ3) is 5.01. The Hall–Kier alpha value is -2.84. The molecule has 0 aliphatic heterocycles. The SMILES string of the molecule is COc1ccc(SCCC(=O)N(CCn2cccn2)c2nc3ccccc3s2)cc1. The molecule has 0 aliphatic carbocycles. The largest absolute Gasteiger partial charge is 0.497 e. The van der Waals surface area contributed by atoms with Gasteiger partial charge in [0, 0.05) is 36.0 Å². The third-order valence-corrected chi connectivity index (χ3v) is 6.64. The van der Waals surface area contributed by atoms with Gasteiger partial charge in [-0.25, -0.2) is 4.98 Å². The minimum atomic E-state index is 0.0715. The van der Waals surface area contributed by atoms with Gasteiger partial charge in [-0.15, -0.1) is 11.8 Å². The lowest BCUT2D eigenvalue weighted by Crippen LogP contribution is -2.34. The van der Waals surface area contributed by atoms with Crippen molar-refractivity contribution >= 4 is 44.4 Å². The molecule has 1 amide bonds. The van der Waals surface area contributed by atoms with Gasteiger partial charge in [0.15, 0.2) is 5.13 Å². The first-order chi connectivity index (χ1) is 14.7. The number of amides is 1. The van der Waals surface area contributed by atoms with Crippen molar-refractivity contribution in [3.8, 4) is 5.75 Å². The Balaban J connectivity index is 1.44. The molecular formula is C22H22N4O2S2. The Morgan fingerprint density at radius 2 is 2.00 bits per heavy atom. The van der Waals surface area contributed by atoms with Crippen LogP contribution in [0.5, 0.6) is 5.75 Å². The summed E-state index contributed by atoms with van der Waals surface area (Å²) in [6, 6.07) is 17.7. The van der Waals surface area contributed by atoms with E-state index in [-0.39, 0.29) is 5.91 Å². The van der Waals surface area contributed by atoms with Crippen LogP contribution in [0.15, 0.2) is 71.9 Å². The highest BCUT2D eigenvalue weighted by Gasteiger charge is 2.19. The minimum absolute atomic E-state index is 0.0715. The monoisotopic (exact) mass is 438 g/mol. The fraction of sp³-hybridized carbons (Fsp3) is 0.227. The van der Waals surface area contributed by atoms with E-state index >= 15 is 0 Å². The number of aromatic nitrogens is 3. The molecule has 4 aromatic rings. The number of methoxy groups -OCH3 is 1. The fourth-order valence-corrected chi connectivity index (χ4v) is 4.85. The number of nitrogens with zero attached hydrogens (tertiary/aromatic N) is 4. The second-order valence-corrected chi connectivity index (χ2v) is 8.73. The Bertz CT molecular complexity index is 1060. The summed E-state index contributed by atoms with van der Waals surface area (Å²) in [4.78, 5) is 20.7. The average Bonchev–Trinajstić information content (AvgIpc) is 3.44. The Kier molecular flexibility index (Phi) is 6.66. The zero-order chi connectivity index (χ0) is 20.8. The molecule has 0 saturated carbocycles. The van der Waals surface area contributed by atoms with Crippen molar-refractivity contribution in [1.29, 1.82) is 0 Å². The van der Waals surface area contributed by atoms with Crippen molar-refractivity contribution in [1.82, 2.24) is 14.8 Å². The first-order valence-corrected chi connectivity index (χ1v) is 11.4. The van der Waals surface area contributed by atoms with E-state index in [4.69, 9.17) is 9.72 Å². The number of benzene rings is 2. The smallest absolute Gasteiger partial charge is 0.229 e. The van der Waals surface area contributed by atoms with Crippen molar-refractivity contribution in [3.63, 3.8) is 0 Å². The molecule has 0 radical (unpaired) electrons. The predicted octanol–water partition coefficient (Wildman–Crippen LogP) is 4.72. The Labute approximate surface area is 183 Å². The molecule has 0 bridgehead atoms. The zero-order valence-electron chi connectivity index (χ0n) is 16.6. The van der Waals surface area contributed by atoms with Gasteiger partial charge in [0.1, 0.15) is 5.75 Å². The fourth-order valence-electron chi connectivity index (χ4n) is 3.00. The minimum Gasteiger partial charge on any atom is -0.497 e. The standard InChI is InChI=1S/C22H22N4O2S2/c1-28-17-7-9-18(10-8-17)29-16-11-21(27)26(15-14-25-13-4-12-23-25)22-24-19-5-2-3-6-20(19)30-22/h2-10,12-13H,11,14-16H2,1H3. The molecular weight excluding hydrogens is 416 g/mol. The van der Waals surface area contributed by atoms with Crippen molar-refractivity contribution in [2.24, 2.45) is 0 Å². The predicted molar refractivity (Wildman–Crippen MR) is 123 cm³/mol. The molecule has 0 atom stereocenters. The molecule has 2 aromatic carbocycles. The van der Waals surface area contributed by atoms with E-state index in [1.807, 2.05) is 65.5 Å². The number of carbonyl (C=O) groups excluding carboxylic acids is 1. The van der Waals surface area contributed by atoms with Gasteiger partial charge < -0.3 is 4.74 Å². The van der Waals surface area contributed by atoms with E-state index < -0.39 is 0 Å². The van der Waals surface area contributed by atoms with Crippen LogP contribution in [0, 0.1) is 0 Å². The van der Waals surface area contributed by atoms with Crippen LogP contribution in [0.25, 0.3) is 10.2 Å². The molecule has 0 N–H and O–H groups in total. The van der Waals surface area contributed by atoms with E-state index in [1.165, 1.54) is 0 Å². The second kappa shape index (κ2) is 9.77. The van der Waals surface area contributed by atoms with E-state index in [0.717, 1.165) is 26.0 Å². The van der Waals surface area contributed by atoms with E-state index in [2.05, 4.69) is 5.10 Å². The van der Waals surface area contributed by atoms with Crippen LogP contribution in [-0.4, -0.2) is 40.1 Å². The number of thioether (sulfide) groups is 1. The lowest BCUT2D eigenvalue weighted by Gasteiger charge is -2.20. The van der Waals surface area contributed by atoms with Crippen LogP contribution in [0.2, 0.25) is 0 Å². The summed E-state index contributed by atoms with van der Waals surface area (Å²) in [5.74, 6) is 1.60. The van der Waals surface area contributed by atoms with Crippen molar-refractivity contribution < 1.29 is 9.53 Å². The van der Waals surface area contributed by atoms with Gasteiger partial charge in [-0.1, -0.05) is 23.5 Å². The van der Waals surface area contributed by atoms with Gasteiger partial charge in [-0.3, -0.25) is 14.4 Å². The first kappa shape index (κ1) is 20.4. The van der Waals surface area contributed by atoms with Gasteiger partial charge in [0.25, 0.3) is 0 Å². The highest BCUT2D eigenvalue weighted by atomic mass is 32.2. The number of hydrogen-bond acceptors (Lipinski definition) is 6. The maximum Gasteiger partial charge on any atom is 0.229 e. The molecule has 2 aromatic heterocycles. The summed E-state index contributed by atoms with van der Waals surface area (Å²) in [5.41, 5.74) is 0.919. The Morgan fingerprint density at radius 1 is 1.17 bits per heavy atom. The second-order valence-electron chi connectivity index (χ2n) is 6.55. The number of ether oxygens (including phenoxy) is 1. The molecule has 0 fully saturated rings. The number of hydrogen-bond donors (Lipinski definition) is 0. The van der Waals surface area contributed by atoms with Crippen molar-refractivity contribution in [3.05, 3.63) is 67.0 Å². The number of para-hydroxylation sites is 1. The molecule has 0 spiro atoms. The summed E-state index contributed by atoms with van der Waals surface area (Å²) >= 11 is 3.21. The first-order valence-electron chi connectivity index (χ1n) is 9.63. The number of anilines is 1. The number of thiazole rings is 1.